The number of nitrogens with zero attached hydrogens (tertiary/aromatic N) is 1. The van der Waals surface area contributed by atoms with Crippen molar-refractivity contribution in [2.75, 3.05) is 11.2 Å². The Morgan fingerprint density at radius 2 is 2.27 bits per heavy atom. The van der Waals surface area contributed by atoms with E-state index in [0.29, 0.717) is 5.88 Å². The summed E-state index contributed by atoms with van der Waals surface area (Å²) in [6, 6.07) is 1.87. The van der Waals surface area contributed by atoms with E-state index in [0.717, 1.165) is 16.9 Å². The maximum Gasteiger partial charge on any atom is 0.228 e. The fourth-order valence-corrected chi connectivity index (χ4v) is 1.34. The quantitative estimate of drug-likeness (QED) is 0.805. The lowest BCUT2D eigenvalue weighted by Gasteiger charge is -2.13. The largest absolute Gasteiger partial charge is 0.324 e. The van der Waals surface area contributed by atoms with Crippen LogP contribution < -0.4 is 5.32 Å². The lowest BCUT2D eigenvalue weighted by molar-refractivity contribution is -0.118. The van der Waals surface area contributed by atoms with E-state index in [1.165, 1.54) is 0 Å². The van der Waals surface area contributed by atoms with Gasteiger partial charge in [0.25, 0.3) is 0 Å². The summed E-state index contributed by atoms with van der Waals surface area (Å²) in [6.45, 7) is 5.60. The fraction of sp³-hybridized carbons (Fsp3) is 0.455. The molecule has 0 saturated carbocycles. The molecule has 3 nitrogen and oxygen atoms in total. The Morgan fingerprint density at radius 1 is 1.60 bits per heavy atom. The Bertz CT molecular complexity index is 345. The van der Waals surface area contributed by atoms with Crippen LogP contribution in [0.2, 0.25) is 0 Å². The number of amides is 1. The first-order valence-corrected chi connectivity index (χ1v) is 5.38. The summed E-state index contributed by atoms with van der Waals surface area (Å²) in [7, 11) is 0. The summed E-state index contributed by atoms with van der Waals surface area (Å²) in [5.41, 5.74) is 2.63. The van der Waals surface area contributed by atoms with Gasteiger partial charge < -0.3 is 5.32 Å². The minimum absolute atomic E-state index is 0.0656. The van der Waals surface area contributed by atoms with Gasteiger partial charge in [-0.25, -0.2) is 0 Å². The number of carbonyl (C=O) groups is 1. The number of halogens is 1. The van der Waals surface area contributed by atoms with Crippen molar-refractivity contribution in [3.63, 3.8) is 0 Å². The standard InChI is InChI=1S/C11H15ClN2O/c1-7-4-5-13-9(3)10(7)14-11(15)8(2)6-12/h4-5,8H,6H2,1-3H3,(H,14,15). The third kappa shape index (κ3) is 2.93. The number of alkyl halides is 1. The lowest BCUT2D eigenvalue weighted by Crippen LogP contribution is -2.22. The van der Waals surface area contributed by atoms with Crippen molar-refractivity contribution in [3.8, 4) is 0 Å². The van der Waals surface area contributed by atoms with E-state index in [4.69, 9.17) is 11.6 Å². The highest BCUT2D eigenvalue weighted by Crippen LogP contribution is 2.18. The van der Waals surface area contributed by atoms with Gasteiger partial charge in [0.05, 0.1) is 11.4 Å². The van der Waals surface area contributed by atoms with Crippen molar-refractivity contribution >= 4 is 23.2 Å². The predicted molar refractivity (Wildman–Crippen MR) is 62.2 cm³/mol. The van der Waals surface area contributed by atoms with Gasteiger partial charge in [-0.3, -0.25) is 9.78 Å². The van der Waals surface area contributed by atoms with Crippen LogP contribution in [0.1, 0.15) is 18.2 Å². The van der Waals surface area contributed by atoms with Crippen molar-refractivity contribution in [1.29, 1.82) is 0 Å². The van der Waals surface area contributed by atoms with Crippen LogP contribution in [0.15, 0.2) is 12.3 Å². The van der Waals surface area contributed by atoms with E-state index in [1.807, 2.05) is 19.9 Å². The average Bonchev–Trinajstić information content (AvgIpc) is 2.22. The zero-order chi connectivity index (χ0) is 11.4. The highest BCUT2D eigenvalue weighted by Gasteiger charge is 2.13. The molecule has 0 bridgehead atoms. The number of aryl methyl sites for hydroxylation is 2. The average molecular weight is 227 g/mol. The molecule has 0 aliphatic rings. The number of hydrogen-bond acceptors (Lipinski definition) is 2. The lowest BCUT2D eigenvalue weighted by atomic mass is 10.1. The van der Waals surface area contributed by atoms with E-state index in [1.54, 1.807) is 13.1 Å². The molecule has 1 unspecified atom stereocenters. The molecule has 0 fully saturated rings. The number of pyridine rings is 1. The summed E-state index contributed by atoms with van der Waals surface area (Å²) in [4.78, 5) is 15.8. The topological polar surface area (TPSA) is 42.0 Å². The first-order valence-electron chi connectivity index (χ1n) is 4.85. The highest BCUT2D eigenvalue weighted by molar-refractivity contribution is 6.19. The van der Waals surface area contributed by atoms with E-state index in [2.05, 4.69) is 10.3 Å². The van der Waals surface area contributed by atoms with Crippen LogP contribution in [-0.2, 0) is 4.79 Å². The Morgan fingerprint density at radius 3 is 2.80 bits per heavy atom. The molecule has 0 aliphatic carbocycles. The number of anilines is 1. The van der Waals surface area contributed by atoms with Crippen LogP contribution in [0.3, 0.4) is 0 Å². The Labute approximate surface area is 94.9 Å². The number of rotatable bonds is 3. The number of carbonyl (C=O) groups excluding carboxylic acids is 1. The zero-order valence-electron chi connectivity index (χ0n) is 9.17. The van der Waals surface area contributed by atoms with E-state index in [-0.39, 0.29) is 11.8 Å². The minimum Gasteiger partial charge on any atom is -0.324 e. The number of nitrogens with one attached hydrogen (secondary N) is 1. The monoisotopic (exact) mass is 226 g/mol. The maximum atomic E-state index is 11.6. The first kappa shape index (κ1) is 12.0. The van der Waals surface area contributed by atoms with Gasteiger partial charge in [0.1, 0.15) is 0 Å². The first-order chi connectivity index (χ1) is 7.06. The van der Waals surface area contributed by atoms with Gasteiger partial charge in [0.15, 0.2) is 0 Å². The normalized spacial score (nSPS) is 12.3. The highest BCUT2D eigenvalue weighted by atomic mass is 35.5. The van der Waals surface area contributed by atoms with Crippen LogP contribution in [0, 0.1) is 19.8 Å². The Balaban J connectivity index is 2.85. The number of hydrogen-bond donors (Lipinski definition) is 1. The number of aromatic nitrogens is 1. The SMILES string of the molecule is Cc1ccnc(C)c1NC(=O)C(C)CCl. The molecule has 1 aromatic heterocycles. The van der Waals surface area contributed by atoms with Crippen molar-refractivity contribution in [3.05, 3.63) is 23.5 Å². The molecular formula is C11H15ClN2O. The second kappa shape index (κ2) is 5.12. The molecule has 1 N–H and O–H groups in total. The van der Waals surface area contributed by atoms with Crippen molar-refractivity contribution in [2.45, 2.75) is 20.8 Å². The van der Waals surface area contributed by atoms with Gasteiger partial charge in [-0.1, -0.05) is 6.92 Å². The molecule has 0 saturated heterocycles. The fourth-order valence-electron chi connectivity index (χ4n) is 1.20. The summed E-state index contributed by atoms with van der Waals surface area (Å²) in [5, 5.41) is 2.84. The van der Waals surface area contributed by atoms with Crippen molar-refractivity contribution < 1.29 is 4.79 Å². The molecule has 4 heteroatoms. The third-order valence-corrected chi connectivity index (χ3v) is 2.74. The summed E-state index contributed by atoms with van der Waals surface area (Å²) in [5.74, 6) is 0.0689. The van der Waals surface area contributed by atoms with E-state index < -0.39 is 0 Å². The molecule has 1 heterocycles. The van der Waals surface area contributed by atoms with Gasteiger partial charge in [-0.15, -0.1) is 11.6 Å². The summed E-state index contributed by atoms with van der Waals surface area (Å²) >= 11 is 5.62. The molecule has 15 heavy (non-hydrogen) atoms. The van der Waals surface area contributed by atoms with Crippen molar-refractivity contribution in [1.82, 2.24) is 4.98 Å². The maximum absolute atomic E-state index is 11.6. The molecule has 0 aromatic carbocycles. The van der Waals surface area contributed by atoms with Gasteiger partial charge in [-0.05, 0) is 25.5 Å². The van der Waals surface area contributed by atoms with Gasteiger partial charge in [0, 0.05) is 18.0 Å². The van der Waals surface area contributed by atoms with Crippen LogP contribution in [-0.4, -0.2) is 16.8 Å². The zero-order valence-corrected chi connectivity index (χ0v) is 9.93. The molecule has 0 spiro atoms. The summed E-state index contributed by atoms with van der Waals surface area (Å²) in [6.07, 6.45) is 1.73. The van der Waals surface area contributed by atoms with Crippen LogP contribution >= 0.6 is 11.6 Å². The molecule has 0 aliphatic heterocycles. The second-order valence-corrected chi connectivity index (χ2v) is 3.94. The minimum atomic E-state index is -0.189. The molecule has 82 valence electrons. The van der Waals surface area contributed by atoms with Gasteiger partial charge >= 0.3 is 0 Å². The Hall–Kier alpha value is -1.09. The molecule has 1 aromatic rings. The molecule has 1 amide bonds. The molecule has 1 atom stereocenters. The molecule has 1 rings (SSSR count). The second-order valence-electron chi connectivity index (χ2n) is 3.63. The van der Waals surface area contributed by atoms with E-state index in [9.17, 15) is 4.79 Å². The summed E-state index contributed by atoms with van der Waals surface area (Å²) < 4.78 is 0. The van der Waals surface area contributed by atoms with Gasteiger partial charge in [-0.2, -0.15) is 0 Å². The van der Waals surface area contributed by atoms with Gasteiger partial charge in [0.2, 0.25) is 5.91 Å². The molecular weight excluding hydrogens is 212 g/mol. The van der Waals surface area contributed by atoms with Crippen LogP contribution in [0.5, 0.6) is 0 Å². The third-order valence-electron chi connectivity index (χ3n) is 2.28. The van der Waals surface area contributed by atoms with Crippen LogP contribution in [0.4, 0.5) is 5.69 Å². The van der Waals surface area contributed by atoms with E-state index >= 15 is 0 Å². The smallest absolute Gasteiger partial charge is 0.228 e. The van der Waals surface area contributed by atoms with Crippen LogP contribution in [0.25, 0.3) is 0 Å². The predicted octanol–water partition coefficient (Wildman–Crippen LogP) is 2.51. The molecule has 0 radical (unpaired) electrons. The van der Waals surface area contributed by atoms with Crippen molar-refractivity contribution in [2.24, 2.45) is 5.92 Å². The Kier molecular flexibility index (Phi) is 4.09.